The molecular formula is C16H21NO5. The van der Waals surface area contributed by atoms with Crippen LogP contribution in [0, 0.1) is 0 Å². The van der Waals surface area contributed by atoms with Crippen molar-refractivity contribution < 1.29 is 24.2 Å². The van der Waals surface area contributed by atoms with Crippen LogP contribution in [0.15, 0.2) is 24.3 Å². The molecule has 0 radical (unpaired) electrons. The Labute approximate surface area is 129 Å². The van der Waals surface area contributed by atoms with Crippen molar-refractivity contribution in [2.45, 2.75) is 26.4 Å². The molecule has 0 atom stereocenters. The number of aromatic hydroxyl groups is 1. The number of methoxy groups -OCH3 is 1. The van der Waals surface area contributed by atoms with E-state index in [-0.39, 0.29) is 12.3 Å². The number of hydrogen-bond donors (Lipinski definition) is 2. The monoisotopic (exact) mass is 307 g/mol. The molecule has 0 bridgehead atoms. The minimum Gasteiger partial charge on any atom is -0.507 e. The fraction of sp³-hybridized carbons (Fsp3) is 0.375. The number of rotatable bonds is 4. The summed E-state index contributed by atoms with van der Waals surface area (Å²) in [5.41, 5.74) is 0.231. The average Bonchev–Trinajstić information content (AvgIpc) is 2.42. The molecule has 1 aromatic rings. The van der Waals surface area contributed by atoms with Gasteiger partial charge in [0, 0.05) is 12.1 Å². The number of hydrogen-bond acceptors (Lipinski definition) is 5. The van der Waals surface area contributed by atoms with Crippen molar-refractivity contribution in [3.05, 3.63) is 35.4 Å². The zero-order valence-electron chi connectivity index (χ0n) is 13.2. The number of esters is 1. The molecule has 0 saturated carbocycles. The topological polar surface area (TPSA) is 84.9 Å². The van der Waals surface area contributed by atoms with E-state index in [4.69, 9.17) is 4.74 Å². The summed E-state index contributed by atoms with van der Waals surface area (Å²) in [6.07, 6.45) is 2.71. The standard InChI is InChI=1S/C16H21NO5/c1-16(2,3)22-15(20)17-9-5-6-11-10-12(14(19)21-4)7-8-13(11)18/h5-8,10,18H,9H2,1-4H3,(H,17,20). The predicted octanol–water partition coefficient (Wildman–Crippen LogP) is 2.72. The molecule has 2 N–H and O–H groups in total. The number of nitrogens with one attached hydrogen (secondary N) is 1. The van der Waals surface area contributed by atoms with Gasteiger partial charge in [-0.3, -0.25) is 0 Å². The summed E-state index contributed by atoms with van der Waals surface area (Å²) in [6.45, 7) is 5.56. The Morgan fingerprint density at radius 1 is 1.32 bits per heavy atom. The molecule has 6 nitrogen and oxygen atoms in total. The maximum atomic E-state index is 11.4. The summed E-state index contributed by atoms with van der Waals surface area (Å²) < 4.78 is 9.70. The van der Waals surface area contributed by atoms with Gasteiger partial charge in [-0.2, -0.15) is 0 Å². The summed E-state index contributed by atoms with van der Waals surface area (Å²) in [7, 11) is 1.29. The first-order chi connectivity index (χ1) is 10.2. The van der Waals surface area contributed by atoms with Gasteiger partial charge in [-0.05, 0) is 39.0 Å². The summed E-state index contributed by atoms with van der Waals surface area (Å²) in [5.74, 6) is -0.456. The Morgan fingerprint density at radius 3 is 2.59 bits per heavy atom. The van der Waals surface area contributed by atoms with E-state index in [9.17, 15) is 14.7 Å². The van der Waals surface area contributed by atoms with Gasteiger partial charge >= 0.3 is 12.1 Å². The lowest BCUT2D eigenvalue weighted by Gasteiger charge is -2.19. The van der Waals surface area contributed by atoms with Crippen molar-refractivity contribution in [1.29, 1.82) is 0 Å². The van der Waals surface area contributed by atoms with Crippen LogP contribution in [0.4, 0.5) is 4.79 Å². The maximum absolute atomic E-state index is 11.4. The first-order valence-electron chi connectivity index (χ1n) is 6.77. The van der Waals surface area contributed by atoms with Crippen molar-refractivity contribution in [2.75, 3.05) is 13.7 Å². The zero-order chi connectivity index (χ0) is 16.8. The van der Waals surface area contributed by atoms with Gasteiger partial charge in [0.15, 0.2) is 0 Å². The average molecular weight is 307 g/mol. The second kappa shape index (κ2) is 7.49. The third kappa shape index (κ3) is 5.87. The van der Waals surface area contributed by atoms with E-state index in [2.05, 4.69) is 10.1 Å². The molecule has 0 fully saturated rings. The number of amides is 1. The van der Waals surface area contributed by atoms with Crippen molar-refractivity contribution in [2.24, 2.45) is 0 Å². The fourth-order valence-corrected chi connectivity index (χ4v) is 1.58. The number of carbonyl (C=O) groups is 2. The third-order valence-corrected chi connectivity index (χ3v) is 2.51. The zero-order valence-corrected chi connectivity index (χ0v) is 13.2. The molecule has 0 heterocycles. The molecule has 0 saturated heterocycles. The van der Waals surface area contributed by atoms with Crippen LogP contribution >= 0.6 is 0 Å². The van der Waals surface area contributed by atoms with Gasteiger partial charge in [0.05, 0.1) is 12.7 Å². The Hall–Kier alpha value is -2.50. The third-order valence-electron chi connectivity index (χ3n) is 2.51. The van der Waals surface area contributed by atoms with Gasteiger partial charge in [-0.15, -0.1) is 0 Å². The molecule has 0 spiro atoms. The maximum Gasteiger partial charge on any atom is 0.407 e. The number of phenolic OH excluding ortho intramolecular Hbond substituents is 1. The van der Waals surface area contributed by atoms with Gasteiger partial charge < -0.3 is 19.9 Å². The van der Waals surface area contributed by atoms with Gasteiger partial charge in [-0.1, -0.05) is 12.2 Å². The van der Waals surface area contributed by atoms with E-state index >= 15 is 0 Å². The van der Waals surface area contributed by atoms with Gasteiger partial charge in [0.2, 0.25) is 0 Å². The first kappa shape index (κ1) is 17.6. The lowest BCUT2D eigenvalue weighted by Crippen LogP contribution is -2.32. The van der Waals surface area contributed by atoms with Crippen LogP contribution < -0.4 is 5.32 Å². The highest BCUT2D eigenvalue weighted by Crippen LogP contribution is 2.20. The number of alkyl carbamates (subject to hydrolysis) is 1. The number of carbonyl (C=O) groups excluding carboxylic acids is 2. The molecule has 120 valence electrons. The second-order valence-corrected chi connectivity index (χ2v) is 5.55. The summed E-state index contributed by atoms with van der Waals surface area (Å²) in [4.78, 5) is 22.9. The van der Waals surface area contributed by atoms with Crippen LogP contribution in [0.25, 0.3) is 6.08 Å². The molecule has 1 amide bonds. The number of phenols is 1. The first-order valence-corrected chi connectivity index (χ1v) is 6.77. The van der Waals surface area contributed by atoms with E-state index < -0.39 is 17.7 Å². The summed E-state index contributed by atoms with van der Waals surface area (Å²) in [6, 6.07) is 4.38. The van der Waals surface area contributed by atoms with Crippen molar-refractivity contribution >= 4 is 18.1 Å². The number of ether oxygens (including phenoxy) is 2. The van der Waals surface area contributed by atoms with Crippen LogP contribution in [-0.2, 0) is 9.47 Å². The van der Waals surface area contributed by atoms with Crippen LogP contribution in [-0.4, -0.2) is 36.4 Å². The van der Waals surface area contributed by atoms with Crippen LogP contribution in [0.5, 0.6) is 5.75 Å². The Morgan fingerprint density at radius 2 is 2.00 bits per heavy atom. The van der Waals surface area contributed by atoms with E-state index in [1.807, 2.05) is 0 Å². The SMILES string of the molecule is COC(=O)c1ccc(O)c(C=CCNC(=O)OC(C)(C)C)c1. The van der Waals surface area contributed by atoms with Crippen LogP contribution in [0.1, 0.15) is 36.7 Å². The second-order valence-electron chi connectivity index (χ2n) is 5.55. The highest BCUT2D eigenvalue weighted by molar-refractivity contribution is 5.90. The van der Waals surface area contributed by atoms with Gasteiger partial charge in [0.1, 0.15) is 11.4 Å². The minimum absolute atomic E-state index is 0.0289. The van der Waals surface area contributed by atoms with Crippen LogP contribution in [0.2, 0.25) is 0 Å². The fourth-order valence-electron chi connectivity index (χ4n) is 1.58. The molecule has 6 heteroatoms. The lowest BCUT2D eigenvalue weighted by atomic mass is 10.1. The highest BCUT2D eigenvalue weighted by Gasteiger charge is 2.15. The molecule has 0 unspecified atom stereocenters. The van der Waals surface area contributed by atoms with E-state index in [1.54, 1.807) is 32.9 Å². The Bertz CT molecular complexity index is 572. The molecule has 0 aliphatic rings. The summed E-state index contributed by atoms with van der Waals surface area (Å²) in [5, 5.41) is 12.3. The number of benzene rings is 1. The smallest absolute Gasteiger partial charge is 0.407 e. The van der Waals surface area contributed by atoms with Crippen molar-refractivity contribution in [3.63, 3.8) is 0 Å². The van der Waals surface area contributed by atoms with Gasteiger partial charge in [0.25, 0.3) is 0 Å². The molecule has 1 aromatic carbocycles. The van der Waals surface area contributed by atoms with Crippen molar-refractivity contribution in [3.8, 4) is 5.75 Å². The molecule has 0 aromatic heterocycles. The quantitative estimate of drug-likeness (QED) is 0.835. The highest BCUT2D eigenvalue weighted by atomic mass is 16.6. The van der Waals surface area contributed by atoms with E-state index in [1.165, 1.54) is 25.3 Å². The van der Waals surface area contributed by atoms with Crippen LogP contribution in [0.3, 0.4) is 0 Å². The normalized spacial score (nSPS) is 11.3. The predicted molar refractivity (Wildman–Crippen MR) is 82.7 cm³/mol. The molecule has 1 rings (SSSR count). The molecular weight excluding hydrogens is 286 g/mol. The molecule has 0 aliphatic heterocycles. The Balaban J connectivity index is 2.63. The Kier molecular flexibility index (Phi) is 5.98. The minimum atomic E-state index is -0.555. The van der Waals surface area contributed by atoms with Crippen molar-refractivity contribution in [1.82, 2.24) is 5.32 Å². The van der Waals surface area contributed by atoms with E-state index in [0.717, 1.165) is 0 Å². The summed E-state index contributed by atoms with van der Waals surface area (Å²) >= 11 is 0. The largest absolute Gasteiger partial charge is 0.507 e. The van der Waals surface area contributed by atoms with Gasteiger partial charge in [-0.25, -0.2) is 9.59 Å². The van der Waals surface area contributed by atoms with E-state index in [0.29, 0.717) is 11.1 Å². The molecule has 22 heavy (non-hydrogen) atoms. The lowest BCUT2D eigenvalue weighted by molar-refractivity contribution is 0.0532. The molecule has 0 aliphatic carbocycles.